The lowest BCUT2D eigenvalue weighted by atomic mass is 9.74. The zero-order valence-electron chi connectivity index (χ0n) is 11.2. The van der Waals surface area contributed by atoms with E-state index in [1.165, 1.54) is 43.7 Å². The number of benzene rings is 1. The van der Waals surface area contributed by atoms with Crippen LogP contribution in [-0.2, 0) is 5.41 Å². The standard InChI is InChI=1S/C15H21ClN2/c1-3-18-11-15(6-8-17(2)9-7-15)13-10-12(16)4-5-14(13)18/h4-5,10H,3,6-9,11H2,1-2H3. The third-order valence-electron chi connectivity index (χ3n) is 4.69. The highest BCUT2D eigenvalue weighted by atomic mass is 35.5. The molecule has 0 N–H and O–H groups in total. The van der Waals surface area contributed by atoms with Crippen molar-refractivity contribution in [3.05, 3.63) is 28.8 Å². The van der Waals surface area contributed by atoms with Crippen molar-refractivity contribution < 1.29 is 0 Å². The lowest BCUT2D eigenvalue weighted by molar-refractivity contribution is 0.197. The van der Waals surface area contributed by atoms with Crippen LogP contribution in [0.15, 0.2) is 18.2 Å². The van der Waals surface area contributed by atoms with Crippen LogP contribution in [0, 0.1) is 0 Å². The number of halogens is 1. The quantitative estimate of drug-likeness (QED) is 0.769. The van der Waals surface area contributed by atoms with Crippen molar-refractivity contribution in [1.29, 1.82) is 0 Å². The molecule has 0 amide bonds. The van der Waals surface area contributed by atoms with E-state index in [9.17, 15) is 0 Å². The molecule has 0 bridgehead atoms. The molecule has 0 aliphatic carbocycles. The van der Waals surface area contributed by atoms with Crippen molar-refractivity contribution in [3.8, 4) is 0 Å². The number of nitrogens with zero attached hydrogens (tertiary/aromatic N) is 2. The number of likely N-dealkylation sites (tertiary alicyclic amines) is 1. The van der Waals surface area contributed by atoms with Gasteiger partial charge in [-0.25, -0.2) is 0 Å². The van der Waals surface area contributed by atoms with E-state index in [2.05, 4.69) is 35.9 Å². The first-order valence-corrected chi connectivity index (χ1v) is 7.26. The summed E-state index contributed by atoms with van der Waals surface area (Å²) >= 11 is 6.22. The summed E-state index contributed by atoms with van der Waals surface area (Å²) in [5.74, 6) is 0. The van der Waals surface area contributed by atoms with Crippen LogP contribution < -0.4 is 4.90 Å². The normalized spacial score (nSPS) is 22.5. The van der Waals surface area contributed by atoms with E-state index in [1.54, 1.807) is 0 Å². The van der Waals surface area contributed by atoms with Gasteiger partial charge in [-0.2, -0.15) is 0 Å². The lowest BCUT2D eigenvalue weighted by Crippen LogP contribution is -2.43. The SMILES string of the molecule is CCN1CC2(CCN(C)CC2)c2cc(Cl)ccc21. The van der Waals surface area contributed by atoms with Crippen LogP contribution >= 0.6 is 11.6 Å². The smallest absolute Gasteiger partial charge is 0.0410 e. The average molecular weight is 265 g/mol. The molecule has 3 rings (SSSR count). The Labute approximate surface area is 115 Å². The van der Waals surface area contributed by atoms with Crippen LogP contribution in [0.4, 0.5) is 5.69 Å². The first-order chi connectivity index (χ1) is 8.64. The van der Waals surface area contributed by atoms with Crippen molar-refractivity contribution in [3.63, 3.8) is 0 Å². The molecule has 1 saturated heterocycles. The Kier molecular flexibility index (Phi) is 3.03. The summed E-state index contributed by atoms with van der Waals surface area (Å²) in [6.07, 6.45) is 2.51. The van der Waals surface area contributed by atoms with Gasteiger partial charge in [0.1, 0.15) is 0 Å². The first kappa shape index (κ1) is 12.3. The highest BCUT2D eigenvalue weighted by Gasteiger charge is 2.43. The zero-order valence-corrected chi connectivity index (χ0v) is 12.0. The van der Waals surface area contributed by atoms with Gasteiger partial charge in [0.25, 0.3) is 0 Å². The molecule has 18 heavy (non-hydrogen) atoms. The Morgan fingerprint density at radius 3 is 2.67 bits per heavy atom. The zero-order chi connectivity index (χ0) is 12.8. The Hall–Kier alpha value is -0.730. The van der Waals surface area contributed by atoms with Gasteiger partial charge < -0.3 is 9.80 Å². The molecular weight excluding hydrogens is 244 g/mol. The van der Waals surface area contributed by atoms with Crippen LogP contribution in [-0.4, -0.2) is 38.1 Å². The fourth-order valence-corrected chi connectivity index (χ4v) is 3.67. The minimum Gasteiger partial charge on any atom is -0.371 e. The molecule has 98 valence electrons. The minimum absolute atomic E-state index is 0.350. The first-order valence-electron chi connectivity index (χ1n) is 6.88. The Morgan fingerprint density at radius 1 is 1.28 bits per heavy atom. The van der Waals surface area contributed by atoms with Crippen molar-refractivity contribution in [2.24, 2.45) is 0 Å². The summed E-state index contributed by atoms with van der Waals surface area (Å²) in [7, 11) is 2.22. The average Bonchev–Trinajstić information content (AvgIpc) is 2.67. The van der Waals surface area contributed by atoms with Gasteiger partial charge in [0.15, 0.2) is 0 Å². The topological polar surface area (TPSA) is 6.48 Å². The number of likely N-dealkylation sites (N-methyl/N-ethyl adjacent to an activating group) is 1. The van der Waals surface area contributed by atoms with Crippen LogP contribution in [0.25, 0.3) is 0 Å². The van der Waals surface area contributed by atoms with Crippen molar-refractivity contribution in [2.75, 3.05) is 38.1 Å². The van der Waals surface area contributed by atoms with E-state index < -0.39 is 0 Å². The van der Waals surface area contributed by atoms with Gasteiger partial charge in [0, 0.05) is 29.2 Å². The summed E-state index contributed by atoms with van der Waals surface area (Å²) in [5.41, 5.74) is 3.25. The molecule has 1 spiro atoms. The number of hydrogen-bond acceptors (Lipinski definition) is 2. The molecule has 0 saturated carbocycles. The monoisotopic (exact) mass is 264 g/mol. The Morgan fingerprint density at radius 2 is 2.00 bits per heavy atom. The molecule has 3 heteroatoms. The molecule has 1 fully saturated rings. The van der Waals surface area contributed by atoms with Crippen molar-refractivity contribution in [2.45, 2.75) is 25.2 Å². The Balaban J connectivity index is 2.02. The van der Waals surface area contributed by atoms with E-state index in [0.29, 0.717) is 5.41 Å². The molecule has 0 aromatic heterocycles. The number of piperidine rings is 1. The predicted octanol–water partition coefficient (Wildman–Crippen LogP) is 3.14. The minimum atomic E-state index is 0.350. The highest BCUT2D eigenvalue weighted by Crippen LogP contribution is 2.47. The second-order valence-corrected chi connectivity index (χ2v) is 6.20. The maximum Gasteiger partial charge on any atom is 0.0410 e. The second-order valence-electron chi connectivity index (χ2n) is 5.76. The van der Waals surface area contributed by atoms with E-state index in [0.717, 1.165) is 11.6 Å². The molecule has 0 atom stereocenters. The third kappa shape index (κ3) is 1.83. The molecule has 2 aliphatic heterocycles. The number of hydrogen-bond donors (Lipinski definition) is 0. The van der Waals surface area contributed by atoms with Gasteiger partial charge in [-0.15, -0.1) is 0 Å². The van der Waals surface area contributed by atoms with Gasteiger partial charge in [-0.05, 0) is 63.7 Å². The van der Waals surface area contributed by atoms with Crippen LogP contribution in [0.3, 0.4) is 0 Å². The molecule has 2 nitrogen and oxygen atoms in total. The van der Waals surface area contributed by atoms with Gasteiger partial charge in [0.05, 0.1) is 0 Å². The third-order valence-corrected chi connectivity index (χ3v) is 4.93. The molecule has 0 unspecified atom stereocenters. The maximum absolute atomic E-state index is 6.22. The van der Waals surface area contributed by atoms with Crippen LogP contribution in [0.2, 0.25) is 5.02 Å². The molecular formula is C15H21ClN2. The predicted molar refractivity (Wildman–Crippen MR) is 77.7 cm³/mol. The number of fused-ring (bicyclic) bond motifs is 2. The van der Waals surface area contributed by atoms with Crippen molar-refractivity contribution >= 4 is 17.3 Å². The Bertz CT molecular complexity index is 450. The summed E-state index contributed by atoms with van der Waals surface area (Å²) in [6, 6.07) is 6.43. The number of anilines is 1. The van der Waals surface area contributed by atoms with E-state index in [-0.39, 0.29) is 0 Å². The molecule has 2 aliphatic rings. The highest BCUT2D eigenvalue weighted by molar-refractivity contribution is 6.30. The maximum atomic E-state index is 6.22. The van der Waals surface area contributed by atoms with Gasteiger partial charge >= 0.3 is 0 Å². The van der Waals surface area contributed by atoms with E-state index >= 15 is 0 Å². The van der Waals surface area contributed by atoms with Crippen LogP contribution in [0.1, 0.15) is 25.3 Å². The van der Waals surface area contributed by atoms with Gasteiger partial charge in [-0.3, -0.25) is 0 Å². The molecule has 2 heterocycles. The summed E-state index contributed by atoms with van der Waals surface area (Å²) in [5, 5.41) is 0.880. The molecule has 1 aromatic carbocycles. The largest absolute Gasteiger partial charge is 0.371 e. The van der Waals surface area contributed by atoms with Crippen LogP contribution in [0.5, 0.6) is 0 Å². The fourth-order valence-electron chi connectivity index (χ4n) is 3.50. The number of rotatable bonds is 1. The summed E-state index contributed by atoms with van der Waals surface area (Å²) < 4.78 is 0. The van der Waals surface area contributed by atoms with E-state index in [4.69, 9.17) is 11.6 Å². The van der Waals surface area contributed by atoms with Gasteiger partial charge in [0.2, 0.25) is 0 Å². The van der Waals surface area contributed by atoms with E-state index in [1.807, 2.05) is 6.07 Å². The summed E-state index contributed by atoms with van der Waals surface area (Å²) in [6.45, 7) is 6.90. The van der Waals surface area contributed by atoms with Gasteiger partial charge in [-0.1, -0.05) is 11.6 Å². The molecule has 0 radical (unpaired) electrons. The summed E-state index contributed by atoms with van der Waals surface area (Å²) in [4.78, 5) is 4.95. The molecule has 1 aromatic rings. The second kappa shape index (κ2) is 4.43. The van der Waals surface area contributed by atoms with Crippen molar-refractivity contribution in [1.82, 2.24) is 4.90 Å². The lowest BCUT2D eigenvalue weighted by Gasteiger charge is -2.38. The fraction of sp³-hybridized carbons (Fsp3) is 0.600.